The molecule has 0 bridgehead atoms. The summed E-state index contributed by atoms with van der Waals surface area (Å²) in [5.74, 6) is 0.617. The molecule has 0 aliphatic carbocycles. The minimum absolute atomic E-state index is 0.168. The van der Waals surface area contributed by atoms with Crippen molar-refractivity contribution in [3.63, 3.8) is 0 Å². The number of nitrogens with two attached hydrogens (primary N) is 1. The van der Waals surface area contributed by atoms with Crippen molar-refractivity contribution in [3.05, 3.63) is 16.2 Å². The molecule has 0 aliphatic heterocycles. The molecule has 0 spiro atoms. The highest BCUT2D eigenvalue weighted by Crippen LogP contribution is 2.30. The minimum Gasteiger partial charge on any atom is -0.474 e. The lowest BCUT2D eigenvalue weighted by molar-refractivity contribution is 0.207. The Morgan fingerprint density at radius 1 is 1.64 bits per heavy atom. The van der Waals surface area contributed by atoms with Crippen LogP contribution in [0.1, 0.15) is 25.8 Å². The second-order valence-corrected chi connectivity index (χ2v) is 4.09. The average Bonchev–Trinajstić information content (AvgIpc) is 2.19. The van der Waals surface area contributed by atoms with E-state index in [9.17, 15) is 0 Å². The van der Waals surface area contributed by atoms with Crippen LogP contribution in [0.25, 0.3) is 0 Å². The zero-order valence-corrected chi connectivity index (χ0v) is 10.3. The fourth-order valence-corrected chi connectivity index (χ4v) is 1.35. The van der Waals surface area contributed by atoms with Gasteiger partial charge in [-0.2, -0.15) is 0 Å². The molecule has 0 radical (unpaired) electrons. The summed E-state index contributed by atoms with van der Waals surface area (Å²) in [5, 5.41) is 0. The SMILES string of the molecule is CCC(C)Oc1ncc(N)c(C)c1Br. The summed E-state index contributed by atoms with van der Waals surface area (Å²) in [4.78, 5) is 4.13. The Kier molecular flexibility index (Phi) is 3.75. The molecule has 1 atom stereocenters. The van der Waals surface area contributed by atoms with Crippen molar-refractivity contribution >= 4 is 21.6 Å². The quantitative estimate of drug-likeness (QED) is 0.907. The van der Waals surface area contributed by atoms with E-state index in [4.69, 9.17) is 10.5 Å². The van der Waals surface area contributed by atoms with Crippen LogP contribution in [0.5, 0.6) is 5.88 Å². The third-order valence-corrected chi connectivity index (χ3v) is 3.09. The van der Waals surface area contributed by atoms with Crippen LogP contribution in [0.15, 0.2) is 10.7 Å². The molecule has 1 heterocycles. The van der Waals surface area contributed by atoms with Gasteiger partial charge in [0, 0.05) is 0 Å². The molecule has 2 N–H and O–H groups in total. The van der Waals surface area contributed by atoms with E-state index in [1.807, 2.05) is 13.8 Å². The van der Waals surface area contributed by atoms with Gasteiger partial charge in [-0.15, -0.1) is 0 Å². The predicted molar refractivity (Wildman–Crippen MR) is 61.5 cm³/mol. The van der Waals surface area contributed by atoms with Gasteiger partial charge in [0.15, 0.2) is 0 Å². The van der Waals surface area contributed by atoms with Crippen molar-refractivity contribution in [1.82, 2.24) is 4.98 Å². The van der Waals surface area contributed by atoms with Gasteiger partial charge in [0.1, 0.15) is 0 Å². The third kappa shape index (κ3) is 2.38. The summed E-state index contributed by atoms with van der Waals surface area (Å²) in [5.41, 5.74) is 7.35. The average molecular weight is 259 g/mol. The molecule has 78 valence electrons. The van der Waals surface area contributed by atoms with Crippen molar-refractivity contribution in [2.24, 2.45) is 0 Å². The Bertz CT molecular complexity index is 328. The first-order chi connectivity index (χ1) is 6.56. The molecule has 14 heavy (non-hydrogen) atoms. The molecule has 0 aromatic carbocycles. The highest BCUT2D eigenvalue weighted by Gasteiger charge is 2.10. The fourth-order valence-electron chi connectivity index (χ4n) is 0.925. The van der Waals surface area contributed by atoms with Crippen LogP contribution < -0.4 is 10.5 Å². The van der Waals surface area contributed by atoms with Gasteiger partial charge in [-0.3, -0.25) is 0 Å². The Hall–Kier alpha value is -0.770. The number of rotatable bonds is 3. The lowest BCUT2D eigenvalue weighted by Crippen LogP contribution is -2.11. The van der Waals surface area contributed by atoms with E-state index in [2.05, 4.69) is 27.8 Å². The second kappa shape index (κ2) is 4.64. The molecule has 3 nitrogen and oxygen atoms in total. The van der Waals surface area contributed by atoms with Gasteiger partial charge in [-0.25, -0.2) is 4.98 Å². The Balaban J connectivity index is 2.94. The van der Waals surface area contributed by atoms with Crippen LogP contribution in [0, 0.1) is 6.92 Å². The van der Waals surface area contributed by atoms with Crippen molar-refractivity contribution in [1.29, 1.82) is 0 Å². The summed E-state index contributed by atoms with van der Waals surface area (Å²) in [7, 11) is 0. The maximum absolute atomic E-state index is 5.70. The van der Waals surface area contributed by atoms with Crippen LogP contribution in [0.4, 0.5) is 5.69 Å². The predicted octanol–water partition coefficient (Wildman–Crippen LogP) is 2.91. The maximum Gasteiger partial charge on any atom is 0.228 e. The van der Waals surface area contributed by atoms with Crippen LogP contribution in [-0.4, -0.2) is 11.1 Å². The number of halogens is 1. The number of aromatic nitrogens is 1. The van der Waals surface area contributed by atoms with E-state index in [0.717, 1.165) is 16.5 Å². The van der Waals surface area contributed by atoms with E-state index in [1.165, 1.54) is 0 Å². The van der Waals surface area contributed by atoms with E-state index in [0.29, 0.717) is 11.6 Å². The smallest absolute Gasteiger partial charge is 0.228 e. The zero-order chi connectivity index (χ0) is 10.7. The summed E-state index contributed by atoms with van der Waals surface area (Å²) in [6, 6.07) is 0. The fraction of sp³-hybridized carbons (Fsp3) is 0.500. The molecule has 0 aliphatic rings. The normalized spacial score (nSPS) is 12.6. The van der Waals surface area contributed by atoms with Crippen LogP contribution >= 0.6 is 15.9 Å². The third-order valence-electron chi connectivity index (χ3n) is 2.16. The minimum atomic E-state index is 0.168. The first-order valence-electron chi connectivity index (χ1n) is 4.63. The molecule has 0 saturated heterocycles. The number of ether oxygens (including phenoxy) is 1. The molecule has 4 heteroatoms. The molecule has 1 aromatic heterocycles. The first kappa shape index (κ1) is 11.3. The van der Waals surface area contributed by atoms with Gasteiger partial charge in [-0.1, -0.05) is 6.92 Å². The highest BCUT2D eigenvalue weighted by atomic mass is 79.9. The van der Waals surface area contributed by atoms with Crippen LogP contribution in [0.3, 0.4) is 0 Å². The van der Waals surface area contributed by atoms with Gasteiger partial charge in [-0.05, 0) is 41.8 Å². The zero-order valence-electron chi connectivity index (χ0n) is 8.67. The molecular formula is C10H15BrN2O. The number of nitrogens with zero attached hydrogens (tertiary/aromatic N) is 1. The van der Waals surface area contributed by atoms with E-state index in [1.54, 1.807) is 6.20 Å². The van der Waals surface area contributed by atoms with E-state index in [-0.39, 0.29) is 6.10 Å². The van der Waals surface area contributed by atoms with Crippen molar-refractivity contribution < 1.29 is 4.74 Å². The number of hydrogen-bond acceptors (Lipinski definition) is 3. The van der Waals surface area contributed by atoms with Crippen LogP contribution in [-0.2, 0) is 0 Å². The molecule has 1 rings (SSSR count). The summed E-state index contributed by atoms with van der Waals surface area (Å²) in [6.45, 7) is 6.02. The standard InChI is InChI=1S/C10H15BrN2O/c1-4-6(2)14-10-9(11)7(3)8(12)5-13-10/h5-6H,4,12H2,1-3H3. The van der Waals surface area contributed by atoms with E-state index >= 15 is 0 Å². The Morgan fingerprint density at radius 3 is 2.86 bits per heavy atom. The van der Waals surface area contributed by atoms with Crippen molar-refractivity contribution in [3.8, 4) is 5.88 Å². The van der Waals surface area contributed by atoms with Gasteiger partial charge < -0.3 is 10.5 Å². The molecule has 0 fully saturated rings. The molecular weight excluding hydrogens is 244 g/mol. The number of nitrogen functional groups attached to an aromatic ring is 1. The Labute approximate surface area is 92.8 Å². The summed E-state index contributed by atoms with van der Waals surface area (Å²) >= 11 is 3.42. The molecule has 1 aromatic rings. The van der Waals surface area contributed by atoms with E-state index < -0.39 is 0 Å². The maximum atomic E-state index is 5.70. The van der Waals surface area contributed by atoms with Crippen molar-refractivity contribution in [2.45, 2.75) is 33.3 Å². The van der Waals surface area contributed by atoms with Crippen molar-refractivity contribution in [2.75, 3.05) is 5.73 Å². The highest BCUT2D eigenvalue weighted by molar-refractivity contribution is 9.10. The second-order valence-electron chi connectivity index (χ2n) is 3.29. The number of pyridine rings is 1. The lowest BCUT2D eigenvalue weighted by Gasteiger charge is -2.14. The molecule has 0 saturated carbocycles. The molecule has 0 amide bonds. The Morgan fingerprint density at radius 2 is 2.29 bits per heavy atom. The van der Waals surface area contributed by atoms with Gasteiger partial charge in [0.2, 0.25) is 5.88 Å². The topological polar surface area (TPSA) is 48.1 Å². The largest absolute Gasteiger partial charge is 0.474 e. The van der Waals surface area contributed by atoms with Gasteiger partial charge in [0.05, 0.1) is 22.5 Å². The lowest BCUT2D eigenvalue weighted by atomic mass is 10.2. The summed E-state index contributed by atoms with van der Waals surface area (Å²) in [6.07, 6.45) is 2.75. The number of hydrogen-bond donors (Lipinski definition) is 1. The van der Waals surface area contributed by atoms with Gasteiger partial charge in [0.25, 0.3) is 0 Å². The number of anilines is 1. The first-order valence-corrected chi connectivity index (χ1v) is 5.42. The molecule has 1 unspecified atom stereocenters. The van der Waals surface area contributed by atoms with Gasteiger partial charge >= 0.3 is 0 Å². The summed E-state index contributed by atoms with van der Waals surface area (Å²) < 4.78 is 6.46. The van der Waals surface area contributed by atoms with Crippen LogP contribution in [0.2, 0.25) is 0 Å². The monoisotopic (exact) mass is 258 g/mol.